The minimum atomic E-state index is -0.767. The molecule has 66 valence electrons. The van der Waals surface area contributed by atoms with Gasteiger partial charge in [-0.05, 0) is 28.8 Å². The Morgan fingerprint density at radius 2 is 2.50 bits per heavy atom. The molecule has 0 saturated heterocycles. The Kier molecular flexibility index (Phi) is 3.62. The molecule has 4 heteroatoms. The van der Waals surface area contributed by atoms with Crippen molar-refractivity contribution in [2.45, 2.75) is 6.42 Å². The average molecular weight is 202 g/mol. The van der Waals surface area contributed by atoms with Gasteiger partial charge < -0.3 is 5.11 Å². The summed E-state index contributed by atoms with van der Waals surface area (Å²) in [6, 6.07) is 1.95. The predicted octanol–water partition coefficient (Wildman–Crippen LogP) is 1.92. The van der Waals surface area contributed by atoms with Gasteiger partial charge in [-0.25, -0.2) is 0 Å². The van der Waals surface area contributed by atoms with Gasteiger partial charge in [-0.15, -0.1) is 0 Å². The number of carboxylic acid groups (broad SMARTS) is 1. The summed E-state index contributed by atoms with van der Waals surface area (Å²) in [5, 5.41) is 12.6. The lowest BCUT2D eigenvalue weighted by atomic mass is 10.0. The van der Waals surface area contributed by atoms with Crippen molar-refractivity contribution < 1.29 is 9.90 Å². The highest BCUT2D eigenvalue weighted by molar-refractivity contribution is 7.80. The third-order valence-electron chi connectivity index (χ3n) is 1.63. The van der Waals surface area contributed by atoms with E-state index in [9.17, 15) is 4.79 Å². The lowest BCUT2D eigenvalue weighted by Gasteiger charge is -2.06. The van der Waals surface area contributed by atoms with Gasteiger partial charge in [0, 0.05) is 5.75 Å². The molecule has 0 amide bonds. The molecule has 12 heavy (non-hydrogen) atoms. The number of aliphatic carboxylic acids is 1. The Balaban J connectivity index is 2.54. The van der Waals surface area contributed by atoms with Crippen LogP contribution in [0.1, 0.15) is 5.56 Å². The summed E-state index contributed by atoms with van der Waals surface area (Å²) in [5.41, 5.74) is 1.08. The molecule has 0 fully saturated rings. The van der Waals surface area contributed by atoms with Crippen molar-refractivity contribution in [3.05, 3.63) is 22.4 Å². The number of thiophene rings is 1. The summed E-state index contributed by atoms with van der Waals surface area (Å²) in [5.74, 6) is -0.732. The Morgan fingerprint density at radius 1 is 1.75 bits per heavy atom. The zero-order valence-corrected chi connectivity index (χ0v) is 8.15. The number of rotatable bonds is 4. The highest BCUT2D eigenvalue weighted by Gasteiger charge is 2.15. The quantitative estimate of drug-likeness (QED) is 0.732. The molecule has 0 radical (unpaired) electrons. The van der Waals surface area contributed by atoms with Crippen LogP contribution in [0.4, 0.5) is 0 Å². The van der Waals surface area contributed by atoms with Crippen molar-refractivity contribution in [1.82, 2.24) is 0 Å². The van der Waals surface area contributed by atoms with Gasteiger partial charge in [-0.3, -0.25) is 4.79 Å². The molecule has 1 rings (SSSR count). The summed E-state index contributed by atoms with van der Waals surface area (Å²) in [6.07, 6.45) is 0.586. The van der Waals surface area contributed by atoms with Crippen molar-refractivity contribution in [1.29, 1.82) is 0 Å². The molecule has 0 bridgehead atoms. The highest BCUT2D eigenvalue weighted by atomic mass is 32.1. The fraction of sp³-hybridized carbons (Fsp3) is 0.375. The first-order valence-electron chi connectivity index (χ1n) is 3.58. The number of hydrogen-bond acceptors (Lipinski definition) is 3. The standard InChI is InChI=1S/C8H10O2S2/c9-8(10)7(4-11)3-6-1-2-12-5-6/h1-2,5,7,11H,3-4H2,(H,9,10). The number of hydrogen-bond donors (Lipinski definition) is 2. The summed E-state index contributed by atoms with van der Waals surface area (Å²) in [7, 11) is 0. The lowest BCUT2D eigenvalue weighted by molar-refractivity contribution is -0.140. The SMILES string of the molecule is O=C(O)C(CS)Cc1ccsc1. The highest BCUT2D eigenvalue weighted by Crippen LogP contribution is 2.13. The molecule has 1 atom stereocenters. The second-order valence-corrected chi connectivity index (χ2v) is 3.70. The first kappa shape index (κ1) is 9.61. The van der Waals surface area contributed by atoms with Crippen LogP contribution in [-0.4, -0.2) is 16.8 Å². The number of carboxylic acids is 1. The van der Waals surface area contributed by atoms with E-state index in [1.807, 2.05) is 16.8 Å². The maximum absolute atomic E-state index is 10.6. The van der Waals surface area contributed by atoms with Gasteiger partial charge in [-0.2, -0.15) is 24.0 Å². The van der Waals surface area contributed by atoms with E-state index in [-0.39, 0.29) is 5.92 Å². The third kappa shape index (κ3) is 2.53. The van der Waals surface area contributed by atoms with Gasteiger partial charge >= 0.3 is 5.97 Å². The van der Waals surface area contributed by atoms with Crippen LogP contribution in [0, 0.1) is 5.92 Å². The Hall–Kier alpha value is -0.480. The Labute approximate surface area is 80.6 Å². The van der Waals surface area contributed by atoms with E-state index in [1.54, 1.807) is 11.3 Å². The van der Waals surface area contributed by atoms with E-state index < -0.39 is 5.97 Å². The molecule has 0 aromatic carbocycles. The molecule has 0 aliphatic rings. The second kappa shape index (κ2) is 4.52. The van der Waals surface area contributed by atoms with Gasteiger partial charge in [0.2, 0.25) is 0 Å². The molecule has 0 aliphatic heterocycles. The topological polar surface area (TPSA) is 37.3 Å². The Morgan fingerprint density at radius 3 is 2.92 bits per heavy atom. The molecule has 2 nitrogen and oxygen atoms in total. The van der Waals surface area contributed by atoms with Crippen LogP contribution in [0.5, 0.6) is 0 Å². The zero-order chi connectivity index (χ0) is 8.97. The largest absolute Gasteiger partial charge is 0.481 e. The molecule has 0 aliphatic carbocycles. The Bertz CT molecular complexity index is 244. The van der Waals surface area contributed by atoms with Crippen molar-refractivity contribution >= 4 is 29.9 Å². The molecule has 1 heterocycles. The minimum Gasteiger partial charge on any atom is -0.481 e. The van der Waals surface area contributed by atoms with E-state index in [2.05, 4.69) is 12.6 Å². The fourth-order valence-electron chi connectivity index (χ4n) is 0.923. The van der Waals surface area contributed by atoms with Gasteiger partial charge in [0.25, 0.3) is 0 Å². The molecular formula is C8H10O2S2. The number of carbonyl (C=O) groups is 1. The smallest absolute Gasteiger partial charge is 0.307 e. The van der Waals surface area contributed by atoms with E-state index >= 15 is 0 Å². The van der Waals surface area contributed by atoms with Gasteiger partial charge in [0.15, 0.2) is 0 Å². The number of thiol groups is 1. The van der Waals surface area contributed by atoms with E-state index in [4.69, 9.17) is 5.11 Å². The third-order valence-corrected chi connectivity index (χ3v) is 2.80. The fourth-order valence-corrected chi connectivity index (χ4v) is 1.89. The first-order chi connectivity index (χ1) is 5.74. The van der Waals surface area contributed by atoms with Gasteiger partial charge in [0.1, 0.15) is 0 Å². The summed E-state index contributed by atoms with van der Waals surface area (Å²) >= 11 is 5.57. The average Bonchev–Trinajstić information content (AvgIpc) is 2.51. The summed E-state index contributed by atoms with van der Waals surface area (Å²) in [4.78, 5) is 10.6. The monoisotopic (exact) mass is 202 g/mol. The molecule has 1 N–H and O–H groups in total. The predicted molar refractivity (Wildman–Crippen MR) is 53.0 cm³/mol. The summed E-state index contributed by atoms with van der Waals surface area (Å²) < 4.78 is 0. The van der Waals surface area contributed by atoms with Crippen molar-refractivity contribution in [3.8, 4) is 0 Å². The summed E-state index contributed by atoms with van der Waals surface area (Å²) in [6.45, 7) is 0. The zero-order valence-electron chi connectivity index (χ0n) is 6.43. The van der Waals surface area contributed by atoms with Crippen LogP contribution in [0.15, 0.2) is 16.8 Å². The normalized spacial score (nSPS) is 12.8. The van der Waals surface area contributed by atoms with Crippen molar-refractivity contribution in [2.24, 2.45) is 5.92 Å². The molecule has 1 aromatic rings. The first-order valence-corrected chi connectivity index (χ1v) is 5.16. The molecule has 0 spiro atoms. The maximum Gasteiger partial charge on any atom is 0.307 e. The second-order valence-electron chi connectivity index (χ2n) is 2.55. The van der Waals surface area contributed by atoms with Crippen LogP contribution in [0.2, 0.25) is 0 Å². The van der Waals surface area contributed by atoms with E-state index in [1.165, 1.54) is 0 Å². The molecular weight excluding hydrogens is 192 g/mol. The lowest BCUT2D eigenvalue weighted by Crippen LogP contribution is -2.17. The van der Waals surface area contributed by atoms with Crippen LogP contribution < -0.4 is 0 Å². The molecule has 0 saturated carbocycles. The van der Waals surface area contributed by atoms with E-state index in [0.29, 0.717) is 12.2 Å². The van der Waals surface area contributed by atoms with Gasteiger partial charge in [-0.1, -0.05) is 0 Å². The van der Waals surface area contributed by atoms with Crippen LogP contribution in [0.25, 0.3) is 0 Å². The van der Waals surface area contributed by atoms with Crippen LogP contribution >= 0.6 is 24.0 Å². The molecule has 1 aromatic heterocycles. The maximum atomic E-state index is 10.6. The van der Waals surface area contributed by atoms with Crippen molar-refractivity contribution in [2.75, 3.05) is 5.75 Å². The van der Waals surface area contributed by atoms with Gasteiger partial charge in [0.05, 0.1) is 5.92 Å². The van der Waals surface area contributed by atoms with Crippen LogP contribution in [0.3, 0.4) is 0 Å². The minimum absolute atomic E-state index is 0.358. The molecule has 1 unspecified atom stereocenters. The van der Waals surface area contributed by atoms with E-state index in [0.717, 1.165) is 5.56 Å². The van der Waals surface area contributed by atoms with Crippen molar-refractivity contribution in [3.63, 3.8) is 0 Å². The van der Waals surface area contributed by atoms with Crippen LogP contribution in [-0.2, 0) is 11.2 Å².